The van der Waals surface area contributed by atoms with Crippen molar-refractivity contribution in [2.24, 2.45) is 0 Å². The summed E-state index contributed by atoms with van der Waals surface area (Å²) in [5, 5.41) is 12.1. The molecular weight excluding hydrogens is 418 g/mol. The van der Waals surface area contributed by atoms with Gasteiger partial charge < -0.3 is 4.90 Å². The van der Waals surface area contributed by atoms with Gasteiger partial charge in [-0.3, -0.25) is 19.8 Å². The van der Waals surface area contributed by atoms with Crippen LogP contribution in [0.5, 0.6) is 0 Å². The smallest absolute Gasteiger partial charge is 0.254 e. The lowest BCUT2D eigenvalue weighted by atomic mass is 10.0. The molecular formula is C25H23N5OS. The van der Waals surface area contributed by atoms with Crippen LogP contribution in [0.25, 0.3) is 22.5 Å². The molecule has 160 valence electrons. The van der Waals surface area contributed by atoms with E-state index in [1.807, 2.05) is 4.90 Å². The van der Waals surface area contributed by atoms with E-state index in [4.69, 9.17) is 0 Å². The number of benzene rings is 1. The highest BCUT2D eigenvalue weighted by molar-refractivity contribution is 7.08. The number of fused-ring (bicyclic) bond motifs is 3. The highest BCUT2D eigenvalue weighted by Gasteiger charge is 2.26. The van der Waals surface area contributed by atoms with Crippen LogP contribution in [0, 0.1) is 0 Å². The minimum absolute atomic E-state index is 0.0952. The molecule has 1 aliphatic carbocycles. The van der Waals surface area contributed by atoms with E-state index in [2.05, 4.69) is 55.1 Å². The molecule has 0 bridgehead atoms. The van der Waals surface area contributed by atoms with Crippen LogP contribution < -0.4 is 0 Å². The molecule has 0 saturated carbocycles. The molecule has 0 radical (unpaired) electrons. The maximum Gasteiger partial charge on any atom is 0.254 e. The molecule has 4 heterocycles. The first kappa shape index (κ1) is 19.4. The summed E-state index contributed by atoms with van der Waals surface area (Å²) in [7, 11) is 0. The van der Waals surface area contributed by atoms with Crippen molar-refractivity contribution in [3.8, 4) is 22.5 Å². The summed E-state index contributed by atoms with van der Waals surface area (Å²) >= 11 is 1.70. The van der Waals surface area contributed by atoms with Crippen molar-refractivity contribution in [2.45, 2.75) is 13.0 Å². The van der Waals surface area contributed by atoms with Gasteiger partial charge in [-0.05, 0) is 40.8 Å². The quantitative estimate of drug-likeness (QED) is 0.457. The topological polar surface area (TPSA) is 65.1 Å². The SMILES string of the molecule is O=C(c1ccncc1)N1CCN(Cc2ccc3c(c2)-c2[nH]nc(-c4ccsc4)c2C3)CC1. The molecule has 6 nitrogen and oxygen atoms in total. The first-order valence-corrected chi connectivity index (χ1v) is 11.8. The Balaban J connectivity index is 1.14. The number of hydrogen-bond acceptors (Lipinski definition) is 5. The van der Waals surface area contributed by atoms with Crippen molar-refractivity contribution in [1.82, 2.24) is 25.0 Å². The molecule has 1 saturated heterocycles. The lowest BCUT2D eigenvalue weighted by molar-refractivity contribution is 0.0628. The van der Waals surface area contributed by atoms with E-state index in [-0.39, 0.29) is 5.91 Å². The van der Waals surface area contributed by atoms with Crippen molar-refractivity contribution in [3.05, 3.63) is 81.8 Å². The third-order valence-corrected chi connectivity index (χ3v) is 7.15. The zero-order valence-electron chi connectivity index (χ0n) is 17.6. The minimum atomic E-state index is 0.0952. The Labute approximate surface area is 190 Å². The molecule has 6 rings (SSSR count). The number of H-pyrrole nitrogens is 1. The van der Waals surface area contributed by atoms with E-state index >= 15 is 0 Å². The van der Waals surface area contributed by atoms with Gasteiger partial charge in [0.2, 0.25) is 0 Å². The van der Waals surface area contributed by atoms with Crippen LogP contribution in [0.3, 0.4) is 0 Å². The molecule has 1 fully saturated rings. The predicted octanol–water partition coefficient (Wildman–Crippen LogP) is 4.06. The van der Waals surface area contributed by atoms with E-state index < -0.39 is 0 Å². The van der Waals surface area contributed by atoms with E-state index in [0.717, 1.165) is 50.5 Å². The molecule has 2 aliphatic rings. The Kier molecular flexibility index (Phi) is 4.85. The molecule has 1 aromatic carbocycles. The minimum Gasteiger partial charge on any atom is -0.336 e. The lowest BCUT2D eigenvalue weighted by Gasteiger charge is -2.34. The summed E-state index contributed by atoms with van der Waals surface area (Å²) in [4.78, 5) is 21.0. The summed E-state index contributed by atoms with van der Waals surface area (Å²) in [5.41, 5.74) is 9.39. The Bertz CT molecular complexity index is 1260. The number of aromatic amines is 1. The maximum absolute atomic E-state index is 12.7. The second-order valence-corrected chi connectivity index (χ2v) is 9.19. The Morgan fingerprint density at radius 1 is 1.06 bits per heavy atom. The zero-order valence-corrected chi connectivity index (χ0v) is 18.4. The molecule has 4 aromatic rings. The van der Waals surface area contributed by atoms with Gasteiger partial charge in [0.1, 0.15) is 0 Å². The third kappa shape index (κ3) is 3.43. The molecule has 3 aromatic heterocycles. The van der Waals surface area contributed by atoms with Crippen LogP contribution in [0.1, 0.15) is 27.0 Å². The number of pyridine rings is 1. The normalized spacial score (nSPS) is 15.6. The van der Waals surface area contributed by atoms with Crippen molar-refractivity contribution in [3.63, 3.8) is 0 Å². The molecule has 1 aliphatic heterocycles. The van der Waals surface area contributed by atoms with Crippen molar-refractivity contribution < 1.29 is 4.79 Å². The van der Waals surface area contributed by atoms with Gasteiger partial charge in [0, 0.05) is 79.2 Å². The van der Waals surface area contributed by atoms with Gasteiger partial charge in [0.25, 0.3) is 5.91 Å². The summed E-state index contributed by atoms with van der Waals surface area (Å²) < 4.78 is 0. The van der Waals surface area contributed by atoms with E-state index in [1.54, 1.807) is 35.9 Å². The Hall–Kier alpha value is -3.29. The van der Waals surface area contributed by atoms with Gasteiger partial charge in [-0.2, -0.15) is 16.4 Å². The summed E-state index contributed by atoms with van der Waals surface area (Å²) in [6, 6.07) is 12.5. The van der Waals surface area contributed by atoms with E-state index in [1.165, 1.54) is 27.8 Å². The van der Waals surface area contributed by atoms with Gasteiger partial charge in [-0.15, -0.1) is 0 Å². The molecule has 0 atom stereocenters. The Morgan fingerprint density at radius 2 is 1.91 bits per heavy atom. The van der Waals surface area contributed by atoms with Crippen LogP contribution >= 0.6 is 11.3 Å². The van der Waals surface area contributed by atoms with Crippen molar-refractivity contribution in [2.75, 3.05) is 26.2 Å². The number of carbonyl (C=O) groups excluding carboxylic acids is 1. The van der Waals surface area contributed by atoms with Crippen LogP contribution in [0.15, 0.2) is 59.6 Å². The highest BCUT2D eigenvalue weighted by Crippen LogP contribution is 2.40. The van der Waals surface area contributed by atoms with Crippen LogP contribution in [0.4, 0.5) is 0 Å². The van der Waals surface area contributed by atoms with E-state index in [0.29, 0.717) is 5.56 Å². The summed E-state index contributed by atoms with van der Waals surface area (Å²) in [5.74, 6) is 0.0952. The lowest BCUT2D eigenvalue weighted by Crippen LogP contribution is -2.48. The fourth-order valence-corrected chi connectivity index (χ4v) is 5.38. The average Bonchev–Trinajstić information content (AvgIpc) is 3.57. The number of aromatic nitrogens is 3. The second-order valence-electron chi connectivity index (χ2n) is 8.41. The third-order valence-electron chi connectivity index (χ3n) is 6.47. The molecule has 0 unspecified atom stereocenters. The van der Waals surface area contributed by atoms with Gasteiger partial charge in [-0.1, -0.05) is 12.1 Å². The fourth-order valence-electron chi connectivity index (χ4n) is 4.74. The maximum atomic E-state index is 12.7. The number of nitrogens with zero attached hydrogens (tertiary/aromatic N) is 4. The predicted molar refractivity (Wildman–Crippen MR) is 126 cm³/mol. The highest BCUT2D eigenvalue weighted by atomic mass is 32.1. The average molecular weight is 442 g/mol. The number of rotatable bonds is 4. The fraction of sp³-hybridized carbons (Fsp3) is 0.240. The van der Waals surface area contributed by atoms with Crippen LogP contribution in [-0.4, -0.2) is 57.1 Å². The van der Waals surface area contributed by atoms with Gasteiger partial charge in [0.05, 0.1) is 11.4 Å². The van der Waals surface area contributed by atoms with Crippen LogP contribution in [-0.2, 0) is 13.0 Å². The van der Waals surface area contributed by atoms with Crippen molar-refractivity contribution >= 4 is 17.2 Å². The summed E-state index contributed by atoms with van der Waals surface area (Å²) in [6.07, 6.45) is 4.28. The number of amides is 1. The first-order valence-electron chi connectivity index (χ1n) is 10.9. The van der Waals surface area contributed by atoms with Gasteiger partial charge >= 0.3 is 0 Å². The number of thiophene rings is 1. The standard InChI is InChI=1S/C25H23N5OS/c31-25(18-3-6-26-7-4-18)30-10-8-29(9-11-30)15-17-1-2-19-14-22-23(20-5-12-32-16-20)27-28-24(22)21(19)13-17/h1-7,12-13,16H,8-11,14-15H2,(H,27,28). The second kappa shape index (κ2) is 8.00. The molecule has 7 heteroatoms. The monoisotopic (exact) mass is 441 g/mol. The van der Waals surface area contributed by atoms with Crippen LogP contribution in [0.2, 0.25) is 0 Å². The first-order chi connectivity index (χ1) is 15.8. The largest absolute Gasteiger partial charge is 0.336 e. The molecule has 1 N–H and O–H groups in total. The number of nitrogens with one attached hydrogen (secondary N) is 1. The summed E-state index contributed by atoms with van der Waals surface area (Å²) in [6.45, 7) is 4.16. The molecule has 32 heavy (non-hydrogen) atoms. The van der Waals surface area contributed by atoms with Gasteiger partial charge in [0.15, 0.2) is 0 Å². The van der Waals surface area contributed by atoms with Gasteiger partial charge in [-0.25, -0.2) is 0 Å². The Morgan fingerprint density at radius 3 is 2.69 bits per heavy atom. The van der Waals surface area contributed by atoms with E-state index in [9.17, 15) is 4.79 Å². The molecule has 1 amide bonds. The zero-order chi connectivity index (χ0) is 21.5. The number of carbonyl (C=O) groups is 1. The number of piperazine rings is 1. The molecule has 0 spiro atoms. The number of hydrogen-bond donors (Lipinski definition) is 1. The van der Waals surface area contributed by atoms with Crippen molar-refractivity contribution in [1.29, 1.82) is 0 Å².